The molecular formula is C15H14Br2FN. The molecule has 0 spiro atoms. The molecule has 2 aromatic carbocycles. The fourth-order valence-electron chi connectivity index (χ4n) is 1.90. The van der Waals surface area contributed by atoms with E-state index in [0.717, 1.165) is 26.6 Å². The number of anilines is 1. The summed E-state index contributed by atoms with van der Waals surface area (Å²) in [6.07, 6.45) is 0.846. The Balaban J connectivity index is 2.02. The topological polar surface area (TPSA) is 12.0 Å². The lowest BCUT2D eigenvalue weighted by Crippen LogP contribution is -2.18. The summed E-state index contributed by atoms with van der Waals surface area (Å²) in [7, 11) is 0. The zero-order valence-corrected chi connectivity index (χ0v) is 13.6. The van der Waals surface area contributed by atoms with Gasteiger partial charge in [0.1, 0.15) is 5.82 Å². The van der Waals surface area contributed by atoms with Crippen LogP contribution in [0.15, 0.2) is 51.4 Å². The molecule has 0 amide bonds. The van der Waals surface area contributed by atoms with Crippen LogP contribution in [0, 0.1) is 5.82 Å². The minimum Gasteiger partial charge on any atom is -0.381 e. The minimum atomic E-state index is -0.195. The molecule has 0 aliphatic heterocycles. The van der Waals surface area contributed by atoms with Crippen molar-refractivity contribution in [2.24, 2.45) is 0 Å². The molecule has 0 aliphatic rings. The number of hydrogen-bond donors (Lipinski definition) is 1. The van der Waals surface area contributed by atoms with Gasteiger partial charge in [-0.25, -0.2) is 4.39 Å². The van der Waals surface area contributed by atoms with Crippen LogP contribution in [0.4, 0.5) is 10.1 Å². The Kier molecular flexibility index (Phi) is 4.99. The van der Waals surface area contributed by atoms with Gasteiger partial charge in [-0.05, 0) is 65.2 Å². The molecule has 2 aromatic rings. The normalized spacial score (nSPS) is 12.2. The quantitative estimate of drug-likeness (QED) is 0.742. The first-order valence-electron chi connectivity index (χ1n) is 6.00. The van der Waals surface area contributed by atoms with Crippen LogP contribution < -0.4 is 5.32 Å². The largest absolute Gasteiger partial charge is 0.381 e. The lowest BCUT2D eigenvalue weighted by Gasteiger charge is -2.17. The van der Waals surface area contributed by atoms with Crippen LogP contribution in [0.5, 0.6) is 0 Å². The fourth-order valence-corrected chi connectivity index (χ4v) is 2.62. The summed E-state index contributed by atoms with van der Waals surface area (Å²) in [6.45, 7) is 2.11. The van der Waals surface area contributed by atoms with Gasteiger partial charge in [0.2, 0.25) is 0 Å². The lowest BCUT2D eigenvalue weighted by molar-refractivity contribution is 0.626. The first kappa shape index (κ1) is 14.5. The molecule has 0 aromatic heterocycles. The van der Waals surface area contributed by atoms with E-state index in [4.69, 9.17) is 0 Å². The van der Waals surface area contributed by atoms with E-state index >= 15 is 0 Å². The maximum Gasteiger partial charge on any atom is 0.123 e. The first-order chi connectivity index (χ1) is 9.04. The summed E-state index contributed by atoms with van der Waals surface area (Å²) in [6, 6.07) is 12.9. The van der Waals surface area contributed by atoms with Gasteiger partial charge in [0.25, 0.3) is 0 Å². The Morgan fingerprint density at radius 3 is 2.47 bits per heavy atom. The van der Waals surface area contributed by atoms with Crippen molar-refractivity contribution in [2.45, 2.75) is 19.4 Å². The molecule has 0 saturated carbocycles. The summed E-state index contributed by atoms with van der Waals surface area (Å²) < 4.78 is 14.9. The molecule has 1 N–H and O–H groups in total. The molecule has 1 atom stereocenters. The van der Waals surface area contributed by atoms with Crippen LogP contribution in [0.1, 0.15) is 12.5 Å². The molecule has 1 unspecified atom stereocenters. The summed E-state index contributed by atoms with van der Waals surface area (Å²) >= 11 is 6.98. The Bertz CT molecular complexity index is 555. The van der Waals surface area contributed by atoms with Crippen molar-refractivity contribution in [3.05, 3.63) is 62.8 Å². The zero-order valence-electron chi connectivity index (χ0n) is 10.5. The summed E-state index contributed by atoms with van der Waals surface area (Å²) in [5, 5.41) is 3.44. The summed E-state index contributed by atoms with van der Waals surface area (Å²) in [4.78, 5) is 0. The summed E-state index contributed by atoms with van der Waals surface area (Å²) in [5.41, 5.74) is 2.16. The fraction of sp³-hybridized carbons (Fsp3) is 0.200. The van der Waals surface area contributed by atoms with E-state index in [9.17, 15) is 4.39 Å². The van der Waals surface area contributed by atoms with Gasteiger partial charge in [0.15, 0.2) is 0 Å². The highest BCUT2D eigenvalue weighted by Crippen LogP contribution is 2.27. The Labute approximate surface area is 129 Å². The standard InChI is InChI=1S/C15H14Br2FN/c1-10(8-11-2-5-13(18)6-3-11)19-15-9-12(16)4-7-14(15)17/h2-7,9-10,19H,8H2,1H3. The third-order valence-electron chi connectivity index (χ3n) is 2.79. The smallest absolute Gasteiger partial charge is 0.123 e. The van der Waals surface area contributed by atoms with Crippen LogP contribution >= 0.6 is 31.9 Å². The minimum absolute atomic E-state index is 0.195. The third kappa shape index (κ3) is 4.32. The number of halogens is 3. The van der Waals surface area contributed by atoms with Crippen molar-refractivity contribution in [3.63, 3.8) is 0 Å². The monoisotopic (exact) mass is 385 g/mol. The molecule has 19 heavy (non-hydrogen) atoms. The second-order valence-corrected chi connectivity index (χ2v) is 6.27. The van der Waals surface area contributed by atoms with E-state index in [0.29, 0.717) is 0 Å². The Morgan fingerprint density at radius 2 is 1.79 bits per heavy atom. The van der Waals surface area contributed by atoms with Crippen LogP contribution in [0.2, 0.25) is 0 Å². The Morgan fingerprint density at radius 1 is 1.11 bits per heavy atom. The number of nitrogens with one attached hydrogen (secondary N) is 1. The molecule has 0 radical (unpaired) electrons. The molecule has 0 aliphatic carbocycles. The van der Waals surface area contributed by atoms with Crippen molar-refractivity contribution in [1.29, 1.82) is 0 Å². The van der Waals surface area contributed by atoms with Gasteiger partial charge in [-0.1, -0.05) is 28.1 Å². The van der Waals surface area contributed by atoms with Gasteiger partial charge in [-0.3, -0.25) is 0 Å². The van der Waals surface area contributed by atoms with E-state index in [-0.39, 0.29) is 11.9 Å². The molecule has 100 valence electrons. The van der Waals surface area contributed by atoms with Crippen molar-refractivity contribution in [2.75, 3.05) is 5.32 Å². The van der Waals surface area contributed by atoms with E-state index in [1.807, 2.05) is 30.3 Å². The van der Waals surface area contributed by atoms with E-state index in [1.165, 1.54) is 12.1 Å². The maximum absolute atomic E-state index is 12.8. The van der Waals surface area contributed by atoms with Crippen molar-refractivity contribution in [1.82, 2.24) is 0 Å². The average molecular weight is 387 g/mol. The predicted molar refractivity (Wildman–Crippen MR) is 85.0 cm³/mol. The number of benzene rings is 2. The van der Waals surface area contributed by atoms with Crippen LogP contribution in [0.25, 0.3) is 0 Å². The van der Waals surface area contributed by atoms with E-state index in [2.05, 4.69) is 44.1 Å². The Hall–Kier alpha value is -0.870. The highest BCUT2D eigenvalue weighted by molar-refractivity contribution is 9.11. The summed E-state index contributed by atoms with van der Waals surface area (Å²) in [5.74, 6) is -0.195. The maximum atomic E-state index is 12.8. The van der Waals surface area contributed by atoms with Gasteiger partial charge in [-0.15, -0.1) is 0 Å². The predicted octanol–water partition coefficient (Wildman–Crippen LogP) is 5.39. The zero-order chi connectivity index (χ0) is 13.8. The molecule has 0 bridgehead atoms. The second kappa shape index (κ2) is 6.53. The molecule has 0 heterocycles. The van der Waals surface area contributed by atoms with Gasteiger partial charge < -0.3 is 5.32 Å². The van der Waals surface area contributed by atoms with Crippen LogP contribution in [-0.2, 0) is 6.42 Å². The lowest BCUT2D eigenvalue weighted by atomic mass is 10.1. The van der Waals surface area contributed by atoms with E-state index < -0.39 is 0 Å². The van der Waals surface area contributed by atoms with Crippen LogP contribution in [0.3, 0.4) is 0 Å². The molecule has 2 rings (SSSR count). The number of rotatable bonds is 4. The highest BCUT2D eigenvalue weighted by Gasteiger charge is 2.07. The SMILES string of the molecule is CC(Cc1ccc(F)cc1)Nc1cc(Br)ccc1Br. The average Bonchev–Trinajstić information content (AvgIpc) is 2.37. The van der Waals surface area contributed by atoms with Crippen LogP contribution in [-0.4, -0.2) is 6.04 Å². The highest BCUT2D eigenvalue weighted by atomic mass is 79.9. The molecular weight excluding hydrogens is 373 g/mol. The van der Waals surface area contributed by atoms with Gasteiger partial charge in [-0.2, -0.15) is 0 Å². The molecule has 4 heteroatoms. The first-order valence-corrected chi connectivity index (χ1v) is 7.59. The number of hydrogen-bond acceptors (Lipinski definition) is 1. The molecule has 1 nitrogen and oxygen atoms in total. The van der Waals surface area contributed by atoms with Gasteiger partial charge in [0.05, 0.1) is 0 Å². The molecule has 0 saturated heterocycles. The van der Waals surface area contributed by atoms with Gasteiger partial charge in [0, 0.05) is 20.7 Å². The third-order valence-corrected chi connectivity index (χ3v) is 3.97. The second-order valence-electron chi connectivity index (χ2n) is 4.50. The molecule has 0 fully saturated rings. The van der Waals surface area contributed by atoms with Crippen molar-refractivity contribution < 1.29 is 4.39 Å². The van der Waals surface area contributed by atoms with Crippen molar-refractivity contribution in [3.8, 4) is 0 Å². The van der Waals surface area contributed by atoms with E-state index in [1.54, 1.807) is 0 Å². The van der Waals surface area contributed by atoms with Crippen molar-refractivity contribution >= 4 is 37.5 Å². The van der Waals surface area contributed by atoms with Gasteiger partial charge >= 0.3 is 0 Å².